The minimum absolute atomic E-state index is 0.445. The highest BCUT2D eigenvalue weighted by Crippen LogP contribution is 2.32. The first-order valence-corrected chi connectivity index (χ1v) is 6.94. The Labute approximate surface area is 130 Å². The number of methoxy groups -OCH3 is 2. The number of hydrogen-bond acceptors (Lipinski definition) is 4. The molecule has 0 fully saturated rings. The second kappa shape index (κ2) is 5.92. The van der Waals surface area contributed by atoms with Crippen LogP contribution in [0.15, 0.2) is 18.2 Å². The van der Waals surface area contributed by atoms with Crippen LogP contribution in [-0.2, 0) is 0 Å². The highest BCUT2D eigenvalue weighted by molar-refractivity contribution is 14.1. The molecule has 1 aromatic carbocycles. The van der Waals surface area contributed by atoms with Gasteiger partial charge in [-0.25, -0.2) is 9.97 Å². The number of rotatable bonds is 3. The van der Waals surface area contributed by atoms with Gasteiger partial charge in [-0.3, -0.25) is 0 Å². The third-order valence-corrected chi connectivity index (χ3v) is 4.51. The zero-order chi connectivity index (χ0) is 14.0. The van der Waals surface area contributed by atoms with E-state index in [2.05, 4.69) is 32.6 Å². The van der Waals surface area contributed by atoms with Crippen molar-refractivity contribution in [3.05, 3.63) is 32.6 Å². The van der Waals surface area contributed by atoms with Crippen LogP contribution in [0.1, 0.15) is 5.69 Å². The van der Waals surface area contributed by atoms with E-state index < -0.39 is 0 Å². The summed E-state index contributed by atoms with van der Waals surface area (Å²) in [6.07, 6.45) is 0. The zero-order valence-electron chi connectivity index (χ0n) is 10.7. The van der Waals surface area contributed by atoms with E-state index in [0.717, 1.165) is 14.8 Å². The van der Waals surface area contributed by atoms with Crippen molar-refractivity contribution in [2.75, 3.05) is 14.2 Å². The highest BCUT2D eigenvalue weighted by atomic mass is 127. The number of nitrogens with zero attached hydrogens (tertiary/aromatic N) is 2. The quantitative estimate of drug-likeness (QED) is 0.592. The van der Waals surface area contributed by atoms with Gasteiger partial charge in [0.1, 0.15) is 16.7 Å². The van der Waals surface area contributed by atoms with E-state index in [1.807, 2.05) is 19.1 Å². The Kier molecular flexibility index (Phi) is 4.46. The van der Waals surface area contributed by atoms with Crippen LogP contribution in [0.25, 0.3) is 11.4 Å². The number of ether oxygens (including phenoxy) is 2. The molecule has 2 rings (SSSR count). The van der Waals surface area contributed by atoms with Gasteiger partial charge in [0.15, 0.2) is 5.82 Å². The molecule has 0 spiro atoms. The molecule has 1 heterocycles. The largest absolute Gasteiger partial charge is 0.497 e. The Morgan fingerprint density at radius 2 is 1.89 bits per heavy atom. The van der Waals surface area contributed by atoms with Crippen LogP contribution in [0.5, 0.6) is 11.5 Å². The predicted octanol–water partition coefficient (Wildman–Crippen LogP) is 3.73. The van der Waals surface area contributed by atoms with Gasteiger partial charge in [0.25, 0.3) is 0 Å². The van der Waals surface area contributed by atoms with Gasteiger partial charge in [-0.15, -0.1) is 0 Å². The fraction of sp³-hybridized carbons (Fsp3) is 0.231. The molecule has 1 aromatic heterocycles. The first kappa shape index (κ1) is 14.3. The van der Waals surface area contributed by atoms with E-state index >= 15 is 0 Å². The number of aryl methyl sites for hydroxylation is 1. The summed E-state index contributed by atoms with van der Waals surface area (Å²) < 4.78 is 11.4. The van der Waals surface area contributed by atoms with E-state index in [1.165, 1.54) is 0 Å². The van der Waals surface area contributed by atoms with Crippen LogP contribution in [0, 0.1) is 10.5 Å². The highest BCUT2D eigenvalue weighted by Gasteiger charge is 2.13. The molecule has 100 valence electrons. The zero-order valence-corrected chi connectivity index (χ0v) is 13.6. The minimum Gasteiger partial charge on any atom is -0.497 e. The summed E-state index contributed by atoms with van der Waals surface area (Å²) in [5.41, 5.74) is 1.62. The SMILES string of the molecule is COc1ccc(-c2nc(C)c(I)c(Cl)n2)c(OC)c1. The fourth-order valence-corrected chi connectivity index (χ4v) is 2.09. The van der Waals surface area contributed by atoms with Crippen molar-refractivity contribution in [2.45, 2.75) is 6.92 Å². The van der Waals surface area contributed by atoms with Crippen LogP contribution in [0.2, 0.25) is 5.15 Å². The molecule has 0 aliphatic rings. The van der Waals surface area contributed by atoms with E-state index in [4.69, 9.17) is 21.1 Å². The Bertz CT molecular complexity index is 597. The van der Waals surface area contributed by atoms with Crippen molar-refractivity contribution in [1.82, 2.24) is 9.97 Å². The van der Waals surface area contributed by atoms with Gasteiger partial charge < -0.3 is 9.47 Å². The summed E-state index contributed by atoms with van der Waals surface area (Å²) in [5, 5.41) is 0.445. The van der Waals surface area contributed by atoms with Crippen molar-refractivity contribution in [2.24, 2.45) is 0 Å². The van der Waals surface area contributed by atoms with Gasteiger partial charge in [-0.2, -0.15) is 0 Å². The second-order valence-electron chi connectivity index (χ2n) is 3.80. The topological polar surface area (TPSA) is 44.2 Å². The Balaban J connectivity index is 2.58. The average Bonchev–Trinajstić information content (AvgIpc) is 2.43. The predicted molar refractivity (Wildman–Crippen MR) is 83.0 cm³/mol. The van der Waals surface area contributed by atoms with E-state index in [9.17, 15) is 0 Å². The molecular formula is C13H12ClIN2O2. The average molecular weight is 391 g/mol. The molecule has 0 saturated carbocycles. The monoisotopic (exact) mass is 390 g/mol. The molecule has 19 heavy (non-hydrogen) atoms. The summed E-state index contributed by atoms with van der Waals surface area (Å²) in [5.74, 6) is 1.91. The third kappa shape index (κ3) is 2.92. The van der Waals surface area contributed by atoms with Crippen LogP contribution in [0.4, 0.5) is 0 Å². The van der Waals surface area contributed by atoms with Gasteiger partial charge in [0.05, 0.1) is 29.0 Å². The summed E-state index contributed by atoms with van der Waals surface area (Å²) >= 11 is 8.22. The van der Waals surface area contributed by atoms with E-state index in [0.29, 0.717) is 22.5 Å². The first-order chi connectivity index (χ1) is 9.06. The molecular weight excluding hydrogens is 379 g/mol. The molecule has 2 aromatic rings. The molecule has 0 atom stereocenters. The molecule has 0 aliphatic heterocycles. The van der Waals surface area contributed by atoms with Crippen molar-refractivity contribution in [3.8, 4) is 22.9 Å². The Morgan fingerprint density at radius 3 is 2.47 bits per heavy atom. The molecule has 0 bridgehead atoms. The molecule has 0 radical (unpaired) electrons. The Hall–Kier alpha value is -1.08. The molecule has 0 amide bonds. The lowest BCUT2D eigenvalue weighted by Crippen LogP contribution is -1.98. The summed E-state index contributed by atoms with van der Waals surface area (Å²) in [7, 11) is 3.20. The lowest BCUT2D eigenvalue weighted by Gasteiger charge is -2.10. The maximum absolute atomic E-state index is 6.10. The van der Waals surface area contributed by atoms with Gasteiger partial charge in [-0.05, 0) is 41.6 Å². The van der Waals surface area contributed by atoms with Gasteiger partial charge in [0.2, 0.25) is 0 Å². The summed E-state index contributed by atoms with van der Waals surface area (Å²) in [6, 6.07) is 5.48. The maximum atomic E-state index is 6.10. The normalized spacial score (nSPS) is 10.4. The number of halogens is 2. The molecule has 4 nitrogen and oxygen atoms in total. The van der Waals surface area contributed by atoms with Crippen LogP contribution >= 0.6 is 34.2 Å². The summed E-state index contributed by atoms with van der Waals surface area (Å²) in [4.78, 5) is 8.74. The molecule has 0 N–H and O–H groups in total. The summed E-state index contributed by atoms with van der Waals surface area (Å²) in [6.45, 7) is 1.90. The minimum atomic E-state index is 0.445. The first-order valence-electron chi connectivity index (χ1n) is 5.49. The van der Waals surface area contributed by atoms with Crippen LogP contribution in [0.3, 0.4) is 0 Å². The number of hydrogen-bond donors (Lipinski definition) is 0. The molecule has 0 unspecified atom stereocenters. The molecule has 0 aliphatic carbocycles. The van der Waals surface area contributed by atoms with Crippen LogP contribution < -0.4 is 9.47 Å². The standard InChI is InChI=1S/C13H12ClIN2O2/c1-7-11(15)12(14)17-13(16-7)9-5-4-8(18-2)6-10(9)19-3/h4-6H,1-3H3. The molecule has 6 heteroatoms. The van der Waals surface area contributed by atoms with E-state index in [1.54, 1.807) is 20.3 Å². The van der Waals surface area contributed by atoms with Gasteiger partial charge in [-0.1, -0.05) is 11.6 Å². The second-order valence-corrected chi connectivity index (χ2v) is 5.24. The van der Waals surface area contributed by atoms with Crippen LogP contribution in [-0.4, -0.2) is 24.2 Å². The maximum Gasteiger partial charge on any atom is 0.164 e. The fourth-order valence-electron chi connectivity index (χ4n) is 1.63. The van der Waals surface area contributed by atoms with Crippen molar-refractivity contribution in [1.29, 1.82) is 0 Å². The van der Waals surface area contributed by atoms with E-state index in [-0.39, 0.29) is 0 Å². The van der Waals surface area contributed by atoms with Gasteiger partial charge >= 0.3 is 0 Å². The third-order valence-electron chi connectivity index (χ3n) is 2.63. The Morgan fingerprint density at radius 1 is 1.16 bits per heavy atom. The lowest BCUT2D eigenvalue weighted by molar-refractivity contribution is 0.395. The van der Waals surface area contributed by atoms with Crippen molar-refractivity contribution in [3.63, 3.8) is 0 Å². The molecule has 0 saturated heterocycles. The smallest absolute Gasteiger partial charge is 0.164 e. The number of benzene rings is 1. The number of aromatic nitrogens is 2. The van der Waals surface area contributed by atoms with Crippen molar-refractivity contribution >= 4 is 34.2 Å². The van der Waals surface area contributed by atoms with Crippen molar-refractivity contribution < 1.29 is 9.47 Å². The lowest BCUT2D eigenvalue weighted by atomic mass is 10.1. The van der Waals surface area contributed by atoms with Gasteiger partial charge in [0, 0.05) is 6.07 Å².